The molecule has 0 aromatic heterocycles. The normalized spacial score (nSPS) is 19.6. The van der Waals surface area contributed by atoms with Crippen molar-refractivity contribution in [1.29, 1.82) is 0 Å². The number of amides is 1. The molecule has 1 saturated heterocycles. The Balaban J connectivity index is 1.92. The number of carbonyl (C=O) groups is 1. The number of benzene rings is 1. The van der Waals surface area contributed by atoms with Gasteiger partial charge in [0.15, 0.2) is 0 Å². The van der Waals surface area contributed by atoms with Crippen LogP contribution in [-0.4, -0.2) is 25.5 Å². The first-order valence-electron chi connectivity index (χ1n) is 6.11. The summed E-state index contributed by atoms with van der Waals surface area (Å²) in [6, 6.07) is 4.91. The molecule has 3 nitrogen and oxygen atoms in total. The Kier molecular flexibility index (Phi) is 4.87. The van der Waals surface area contributed by atoms with Crippen LogP contribution in [0.4, 0.5) is 0 Å². The molecule has 1 fully saturated rings. The maximum atomic E-state index is 12.0. The van der Waals surface area contributed by atoms with Gasteiger partial charge in [-0.05, 0) is 50.0 Å². The van der Waals surface area contributed by atoms with Crippen LogP contribution in [0.3, 0.4) is 0 Å². The van der Waals surface area contributed by atoms with E-state index in [1.807, 2.05) is 0 Å². The maximum Gasteiger partial charge on any atom is 0.252 e. The second-order valence-corrected chi connectivity index (χ2v) is 5.39. The van der Waals surface area contributed by atoms with E-state index in [9.17, 15) is 4.79 Å². The molecule has 1 heterocycles. The van der Waals surface area contributed by atoms with E-state index >= 15 is 0 Å². The standard InChI is InChI=1S/C13H16Cl2N2O/c14-10-3-4-12(15)11(6-10)13(18)17-8-9-2-1-5-16-7-9/h3-4,6,9,16H,1-2,5,7-8H2,(H,17,18)/t9-/m1/s1. The molecule has 0 unspecified atom stereocenters. The van der Waals surface area contributed by atoms with E-state index in [1.165, 1.54) is 6.42 Å². The van der Waals surface area contributed by atoms with Crippen molar-refractivity contribution in [2.75, 3.05) is 19.6 Å². The Hall–Kier alpha value is -0.770. The number of piperidine rings is 1. The predicted octanol–water partition coefficient (Wildman–Crippen LogP) is 2.72. The first-order chi connectivity index (χ1) is 8.66. The van der Waals surface area contributed by atoms with Gasteiger partial charge in [0.05, 0.1) is 10.6 Å². The Morgan fingerprint density at radius 2 is 2.28 bits per heavy atom. The van der Waals surface area contributed by atoms with Gasteiger partial charge in [0.25, 0.3) is 5.91 Å². The zero-order valence-corrected chi connectivity index (χ0v) is 11.5. The summed E-state index contributed by atoms with van der Waals surface area (Å²) in [5.41, 5.74) is 0.438. The van der Waals surface area contributed by atoms with Crippen molar-refractivity contribution in [1.82, 2.24) is 10.6 Å². The van der Waals surface area contributed by atoms with Crippen molar-refractivity contribution in [3.05, 3.63) is 33.8 Å². The molecule has 0 bridgehead atoms. The van der Waals surface area contributed by atoms with Crippen molar-refractivity contribution >= 4 is 29.1 Å². The van der Waals surface area contributed by atoms with Crippen molar-refractivity contribution in [2.45, 2.75) is 12.8 Å². The molecule has 2 rings (SSSR count). The molecule has 1 amide bonds. The van der Waals surface area contributed by atoms with Gasteiger partial charge in [-0.3, -0.25) is 4.79 Å². The quantitative estimate of drug-likeness (QED) is 0.897. The Labute approximate surface area is 117 Å². The van der Waals surface area contributed by atoms with Gasteiger partial charge in [0, 0.05) is 11.6 Å². The van der Waals surface area contributed by atoms with Crippen LogP contribution in [0.5, 0.6) is 0 Å². The summed E-state index contributed by atoms with van der Waals surface area (Å²) in [5.74, 6) is 0.341. The molecule has 1 aliphatic rings. The topological polar surface area (TPSA) is 41.1 Å². The average Bonchev–Trinajstić information content (AvgIpc) is 2.40. The third-order valence-electron chi connectivity index (χ3n) is 3.12. The monoisotopic (exact) mass is 286 g/mol. The van der Waals surface area contributed by atoms with E-state index in [-0.39, 0.29) is 5.91 Å². The lowest BCUT2D eigenvalue weighted by Gasteiger charge is -2.22. The fraction of sp³-hybridized carbons (Fsp3) is 0.462. The molecule has 18 heavy (non-hydrogen) atoms. The highest BCUT2D eigenvalue weighted by Gasteiger charge is 2.16. The van der Waals surface area contributed by atoms with E-state index in [0.717, 1.165) is 19.5 Å². The molecule has 1 aliphatic heterocycles. The highest BCUT2D eigenvalue weighted by molar-refractivity contribution is 6.35. The first kappa shape index (κ1) is 13.7. The number of halogens is 2. The first-order valence-corrected chi connectivity index (χ1v) is 6.86. The molecular formula is C13H16Cl2N2O. The van der Waals surface area contributed by atoms with Crippen molar-refractivity contribution in [3.63, 3.8) is 0 Å². The lowest BCUT2D eigenvalue weighted by molar-refractivity contribution is 0.0945. The number of carbonyl (C=O) groups excluding carboxylic acids is 1. The number of rotatable bonds is 3. The minimum atomic E-state index is -0.159. The molecule has 0 spiro atoms. The summed E-state index contributed by atoms with van der Waals surface area (Å²) in [5, 5.41) is 7.18. The second-order valence-electron chi connectivity index (χ2n) is 4.55. The van der Waals surface area contributed by atoms with Crippen LogP contribution in [0, 0.1) is 5.92 Å². The zero-order chi connectivity index (χ0) is 13.0. The molecular weight excluding hydrogens is 271 g/mol. The smallest absolute Gasteiger partial charge is 0.252 e. The molecule has 98 valence electrons. The van der Waals surface area contributed by atoms with Crippen LogP contribution in [0.25, 0.3) is 0 Å². The van der Waals surface area contributed by atoms with Gasteiger partial charge >= 0.3 is 0 Å². The molecule has 0 radical (unpaired) electrons. The summed E-state index contributed by atoms with van der Waals surface area (Å²) < 4.78 is 0. The summed E-state index contributed by atoms with van der Waals surface area (Å²) in [6.45, 7) is 2.71. The van der Waals surface area contributed by atoms with Crippen molar-refractivity contribution in [3.8, 4) is 0 Å². The molecule has 1 aromatic rings. The summed E-state index contributed by atoms with van der Waals surface area (Å²) in [7, 11) is 0. The van der Waals surface area contributed by atoms with E-state index in [1.54, 1.807) is 18.2 Å². The van der Waals surface area contributed by atoms with Gasteiger partial charge in [-0.2, -0.15) is 0 Å². The van der Waals surface area contributed by atoms with Gasteiger partial charge in [0.2, 0.25) is 0 Å². The van der Waals surface area contributed by atoms with Gasteiger partial charge in [-0.1, -0.05) is 23.2 Å². The minimum Gasteiger partial charge on any atom is -0.352 e. The van der Waals surface area contributed by atoms with Gasteiger partial charge in [-0.15, -0.1) is 0 Å². The van der Waals surface area contributed by atoms with Gasteiger partial charge < -0.3 is 10.6 Å². The summed E-state index contributed by atoms with van der Waals surface area (Å²) in [4.78, 5) is 12.0. The van der Waals surface area contributed by atoms with Gasteiger partial charge in [-0.25, -0.2) is 0 Å². The third kappa shape index (κ3) is 3.61. The summed E-state index contributed by atoms with van der Waals surface area (Å²) >= 11 is 11.8. The summed E-state index contributed by atoms with van der Waals surface area (Å²) in [6.07, 6.45) is 2.31. The van der Waals surface area contributed by atoms with E-state index < -0.39 is 0 Å². The van der Waals surface area contributed by atoms with Crippen LogP contribution < -0.4 is 10.6 Å². The fourth-order valence-corrected chi connectivity index (χ4v) is 2.48. The number of nitrogens with one attached hydrogen (secondary N) is 2. The largest absolute Gasteiger partial charge is 0.352 e. The Bertz CT molecular complexity index is 431. The highest BCUT2D eigenvalue weighted by atomic mass is 35.5. The molecule has 0 saturated carbocycles. The minimum absolute atomic E-state index is 0.159. The lowest BCUT2D eigenvalue weighted by atomic mass is 10.00. The van der Waals surface area contributed by atoms with Crippen LogP contribution in [0.15, 0.2) is 18.2 Å². The molecule has 0 aliphatic carbocycles. The van der Waals surface area contributed by atoms with Crippen LogP contribution >= 0.6 is 23.2 Å². The zero-order valence-electron chi connectivity index (χ0n) is 10.0. The fourth-order valence-electron chi connectivity index (χ4n) is 2.10. The highest BCUT2D eigenvalue weighted by Crippen LogP contribution is 2.20. The van der Waals surface area contributed by atoms with Crippen molar-refractivity contribution < 1.29 is 4.79 Å². The maximum absolute atomic E-state index is 12.0. The van der Waals surface area contributed by atoms with E-state index in [4.69, 9.17) is 23.2 Å². The second kappa shape index (κ2) is 6.41. The number of hydrogen-bond acceptors (Lipinski definition) is 2. The number of hydrogen-bond donors (Lipinski definition) is 2. The van der Waals surface area contributed by atoms with Crippen molar-refractivity contribution in [2.24, 2.45) is 5.92 Å². The molecule has 2 N–H and O–H groups in total. The SMILES string of the molecule is O=C(NC[C@@H]1CCCNC1)c1cc(Cl)ccc1Cl. The average molecular weight is 287 g/mol. The van der Waals surface area contributed by atoms with E-state index in [0.29, 0.717) is 28.1 Å². The Morgan fingerprint density at radius 1 is 1.44 bits per heavy atom. The molecule has 1 atom stereocenters. The third-order valence-corrected chi connectivity index (χ3v) is 3.69. The predicted molar refractivity (Wildman–Crippen MR) is 74.4 cm³/mol. The lowest BCUT2D eigenvalue weighted by Crippen LogP contribution is -2.38. The van der Waals surface area contributed by atoms with Crippen LogP contribution in [-0.2, 0) is 0 Å². The van der Waals surface area contributed by atoms with Crippen LogP contribution in [0.2, 0.25) is 10.0 Å². The molecule has 5 heteroatoms. The molecule has 1 aromatic carbocycles. The van der Waals surface area contributed by atoms with E-state index in [2.05, 4.69) is 10.6 Å². The van der Waals surface area contributed by atoms with Crippen LogP contribution in [0.1, 0.15) is 23.2 Å². The van der Waals surface area contributed by atoms with Gasteiger partial charge in [0.1, 0.15) is 0 Å². The Morgan fingerprint density at radius 3 is 3.00 bits per heavy atom.